The van der Waals surface area contributed by atoms with Crippen LogP contribution < -0.4 is 4.74 Å². The molecule has 2 aromatic heterocycles. The monoisotopic (exact) mass is 313 g/mol. The molecule has 0 aliphatic rings. The smallest absolute Gasteiger partial charge is 0.290 e. The number of hydrogen-bond acceptors (Lipinski definition) is 6. The predicted molar refractivity (Wildman–Crippen MR) is 83.3 cm³/mol. The van der Waals surface area contributed by atoms with Crippen molar-refractivity contribution in [1.29, 1.82) is 0 Å². The number of rotatable bonds is 4. The molecule has 0 amide bonds. The van der Waals surface area contributed by atoms with Crippen LogP contribution in [-0.4, -0.2) is 14.9 Å². The molecule has 3 rings (SSSR count). The molecule has 3 aromatic rings. The minimum Gasteiger partial charge on any atom is -0.439 e. The van der Waals surface area contributed by atoms with Gasteiger partial charge >= 0.3 is 0 Å². The summed E-state index contributed by atoms with van der Waals surface area (Å²) in [7, 11) is 0. The van der Waals surface area contributed by atoms with Crippen LogP contribution >= 0.6 is 11.3 Å². The maximum Gasteiger partial charge on any atom is 0.290 e. The van der Waals surface area contributed by atoms with Gasteiger partial charge in [-0.25, -0.2) is 4.98 Å². The minimum absolute atomic E-state index is 0.0205. The Morgan fingerprint density at radius 3 is 2.59 bits per heavy atom. The Morgan fingerprint density at radius 2 is 2.00 bits per heavy atom. The number of aromatic nitrogens is 2. The molecule has 0 aliphatic carbocycles. The van der Waals surface area contributed by atoms with Gasteiger partial charge in [0, 0.05) is 17.8 Å². The van der Waals surface area contributed by atoms with Crippen LogP contribution in [0.3, 0.4) is 0 Å². The first kappa shape index (κ1) is 14.2. The summed E-state index contributed by atoms with van der Waals surface area (Å²) in [6, 6.07) is 9.07. The van der Waals surface area contributed by atoms with Gasteiger partial charge in [0.25, 0.3) is 5.69 Å². The zero-order valence-corrected chi connectivity index (χ0v) is 12.4. The number of aryl methyl sites for hydroxylation is 1. The molecule has 0 atom stereocenters. The molecule has 0 spiro atoms. The summed E-state index contributed by atoms with van der Waals surface area (Å²) >= 11 is 1.56. The van der Waals surface area contributed by atoms with Crippen molar-refractivity contribution in [2.75, 3.05) is 0 Å². The standard InChI is InChI=1S/C15H11N3O3S/c1-10-6-15(17-7-13(10)18(19)20)21-12-4-2-11(3-5-12)14-8-16-9-22-14/h2-9H,1H3. The van der Waals surface area contributed by atoms with Crippen molar-refractivity contribution in [2.45, 2.75) is 6.92 Å². The number of hydrogen-bond donors (Lipinski definition) is 0. The molecule has 22 heavy (non-hydrogen) atoms. The number of thiazole rings is 1. The molecule has 6 nitrogen and oxygen atoms in total. The fraction of sp³-hybridized carbons (Fsp3) is 0.0667. The Balaban J connectivity index is 1.79. The van der Waals surface area contributed by atoms with E-state index in [-0.39, 0.29) is 5.69 Å². The summed E-state index contributed by atoms with van der Waals surface area (Å²) in [6.45, 7) is 1.65. The third kappa shape index (κ3) is 2.94. The second kappa shape index (κ2) is 5.90. The number of ether oxygens (including phenoxy) is 1. The quantitative estimate of drug-likeness (QED) is 0.532. The van der Waals surface area contributed by atoms with Crippen LogP contribution in [0.15, 0.2) is 48.2 Å². The average molecular weight is 313 g/mol. The van der Waals surface area contributed by atoms with E-state index in [0.717, 1.165) is 10.4 Å². The van der Waals surface area contributed by atoms with Crippen LogP contribution in [0.25, 0.3) is 10.4 Å². The third-order valence-corrected chi connectivity index (χ3v) is 3.87. The van der Waals surface area contributed by atoms with Gasteiger partial charge in [0.1, 0.15) is 11.9 Å². The molecule has 0 bridgehead atoms. The molecule has 0 aliphatic heterocycles. The molecule has 2 heterocycles. The molecule has 7 heteroatoms. The molecule has 110 valence electrons. The zero-order chi connectivity index (χ0) is 15.5. The van der Waals surface area contributed by atoms with E-state index < -0.39 is 4.92 Å². The number of nitrogens with zero attached hydrogens (tertiary/aromatic N) is 3. The highest BCUT2D eigenvalue weighted by molar-refractivity contribution is 7.13. The van der Waals surface area contributed by atoms with Crippen molar-refractivity contribution in [3.63, 3.8) is 0 Å². The first-order chi connectivity index (χ1) is 10.6. The van der Waals surface area contributed by atoms with Gasteiger partial charge in [-0.1, -0.05) is 0 Å². The fourth-order valence-corrected chi connectivity index (χ4v) is 2.57. The Hall–Kier alpha value is -2.80. The lowest BCUT2D eigenvalue weighted by atomic mass is 10.2. The van der Waals surface area contributed by atoms with Gasteiger partial charge in [0.15, 0.2) is 0 Å². The molecular weight excluding hydrogens is 302 g/mol. The van der Waals surface area contributed by atoms with Gasteiger partial charge in [-0.2, -0.15) is 0 Å². The fourth-order valence-electron chi connectivity index (χ4n) is 1.94. The van der Waals surface area contributed by atoms with Crippen molar-refractivity contribution < 1.29 is 9.66 Å². The van der Waals surface area contributed by atoms with Crippen LogP contribution in [0.5, 0.6) is 11.6 Å². The summed E-state index contributed by atoms with van der Waals surface area (Å²) in [4.78, 5) is 19.4. The van der Waals surface area contributed by atoms with Gasteiger partial charge in [-0.3, -0.25) is 15.1 Å². The van der Waals surface area contributed by atoms with Crippen LogP contribution in [0.2, 0.25) is 0 Å². The van der Waals surface area contributed by atoms with E-state index in [9.17, 15) is 10.1 Å². The summed E-state index contributed by atoms with van der Waals surface area (Å²) in [5, 5.41) is 10.8. The predicted octanol–water partition coefficient (Wildman–Crippen LogP) is 4.21. The summed E-state index contributed by atoms with van der Waals surface area (Å²) in [6.07, 6.45) is 3.01. The first-order valence-electron chi connectivity index (χ1n) is 6.41. The first-order valence-corrected chi connectivity index (χ1v) is 7.29. The van der Waals surface area contributed by atoms with Gasteiger partial charge in [0.2, 0.25) is 5.88 Å². The largest absolute Gasteiger partial charge is 0.439 e. The third-order valence-electron chi connectivity index (χ3n) is 3.05. The van der Waals surface area contributed by atoms with Crippen LogP contribution in [0.1, 0.15) is 5.56 Å². The maximum atomic E-state index is 10.8. The van der Waals surface area contributed by atoms with Crippen molar-refractivity contribution in [3.8, 4) is 22.1 Å². The van der Waals surface area contributed by atoms with Crippen LogP contribution in [-0.2, 0) is 0 Å². The Bertz CT molecular complexity index is 801. The zero-order valence-electron chi connectivity index (χ0n) is 11.6. The van der Waals surface area contributed by atoms with E-state index in [2.05, 4.69) is 9.97 Å². The molecule has 0 N–H and O–H groups in total. The van der Waals surface area contributed by atoms with Crippen LogP contribution in [0.4, 0.5) is 5.69 Å². The molecular formula is C15H11N3O3S. The second-order valence-corrected chi connectivity index (χ2v) is 5.44. The van der Waals surface area contributed by atoms with Gasteiger partial charge in [-0.05, 0) is 36.8 Å². The van der Waals surface area contributed by atoms with E-state index in [1.165, 1.54) is 6.20 Å². The number of nitro groups is 1. The molecule has 0 saturated carbocycles. The summed E-state index contributed by atoms with van der Waals surface area (Å²) in [5.74, 6) is 0.947. The lowest BCUT2D eigenvalue weighted by Crippen LogP contribution is -1.95. The van der Waals surface area contributed by atoms with Gasteiger partial charge in [0.05, 0.1) is 15.3 Å². The molecule has 1 aromatic carbocycles. The normalized spacial score (nSPS) is 10.4. The lowest BCUT2D eigenvalue weighted by Gasteiger charge is -2.06. The van der Waals surface area contributed by atoms with E-state index in [1.54, 1.807) is 29.8 Å². The van der Waals surface area contributed by atoms with Crippen LogP contribution in [0, 0.1) is 17.0 Å². The SMILES string of the molecule is Cc1cc(Oc2ccc(-c3cncs3)cc2)ncc1[N+](=O)[O-]. The highest BCUT2D eigenvalue weighted by Crippen LogP contribution is 2.28. The van der Waals surface area contributed by atoms with E-state index in [0.29, 0.717) is 17.2 Å². The minimum atomic E-state index is -0.462. The van der Waals surface area contributed by atoms with Crippen molar-refractivity contribution in [3.05, 3.63) is 63.9 Å². The average Bonchev–Trinajstić information content (AvgIpc) is 3.02. The topological polar surface area (TPSA) is 78.2 Å². The van der Waals surface area contributed by atoms with E-state index >= 15 is 0 Å². The van der Waals surface area contributed by atoms with Crippen molar-refractivity contribution in [2.24, 2.45) is 0 Å². The second-order valence-electron chi connectivity index (χ2n) is 4.56. The van der Waals surface area contributed by atoms with Crippen molar-refractivity contribution in [1.82, 2.24) is 9.97 Å². The van der Waals surface area contributed by atoms with E-state index in [1.807, 2.05) is 30.5 Å². The number of pyridine rings is 1. The van der Waals surface area contributed by atoms with Gasteiger partial charge in [-0.15, -0.1) is 11.3 Å². The Kier molecular flexibility index (Phi) is 3.80. The molecule has 0 unspecified atom stereocenters. The lowest BCUT2D eigenvalue weighted by molar-refractivity contribution is -0.385. The summed E-state index contributed by atoms with van der Waals surface area (Å²) in [5.41, 5.74) is 3.33. The highest BCUT2D eigenvalue weighted by Gasteiger charge is 2.12. The summed E-state index contributed by atoms with van der Waals surface area (Å²) < 4.78 is 5.62. The molecule has 0 radical (unpaired) electrons. The highest BCUT2D eigenvalue weighted by atomic mass is 32.1. The van der Waals surface area contributed by atoms with Crippen molar-refractivity contribution >= 4 is 17.0 Å². The number of benzene rings is 1. The molecule has 0 fully saturated rings. The van der Waals surface area contributed by atoms with Gasteiger partial charge < -0.3 is 4.74 Å². The maximum absolute atomic E-state index is 10.8. The Labute approximate surface area is 130 Å². The Morgan fingerprint density at radius 1 is 1.23 bits per heavy atom. The van der Waals surface area contributed by atoms with E-state index in [4.69, 9.17) is 4.74 Å². The molecule has 0 saturated heterocycles.